The predicted octanol–water partition coefficient (Wildman–Crippen LogP) is 2.69. The molecule has 6 heteroatoms. The Morgan fingerprint density at radius 2 is 2.45 bits per heavy atom. The van der Waals surface area contributed by atoms with Gasteiger partial charge in [0.25, 0.3) is 5.91 Å². The van der Waals surface area contributed by atoms with Gasteiger partial charge in [0.1, 0.15) is 6.10 Å². The second kappa shape index (κ2) is 6.62. The number of imidazole rings is 1. The molecule has 1 aliphatic rings. The lowest BCUT2D eigenvalue weighted by Crippen LogP contribution is -2.40. The number of thiophene rings is 1. The van der Waals surface area contributed by atoms with Crippen molar-refractivity contribution in [2.45, 2.75) is 38.3 Å². The van der Waals surface area contributed by atoms with Gasteiger partial charge in [-0.05, 0) is 36.3 Å². The average molecular weight is 319 g/mol. The van der Waals surface area contributed by atoms with Crippen LogP contribution in [0.2, 0.25) is 0 Å². The van der Waals surface area contributed by atoms with Crippen molar-refractivity contribution in [3.8, 4) is 0 Å². The molecule has 1 N–H and O–H groups in total. The average Bonchev–Trinajstić information content (AvgIpc) is 3.15. The molecule has 22 heavy (non-hydrogen) atoms. The quantitative estimate of drug-likeness (QED) is 0.942. The lowest BCUT2D eigenvalue weighted by atomic mass is 10.0. The molecule has 2 aromatic rings. The first-order chi connectivity index (χ1) is 10.7. The highest BCUT2D eigenvalue weighted by Gasteiger charge is 2.27. The van der Waals surface area contributed by atoms with E-state index in [0.717, 1.165) is 35.4 Å². The van der Waals surface area contributed by atoms with Crippen LogP contribution in [0.15, 0.2) is 24.0 Å². The second-order valence-electron chi connectivity index (χ2n) is 5.61. The standard InChI is InChI=1S/C16H21N3O2S/c1-3-11-5-7-22-15(11)16(20)18-12-4-6-21-14(8-12)13-9-17-10-19(13)2/h5,7,9-10,12,14H,3-4,6,8H2,1-2H3,(H,18,20)/t12-,14+/m0/s1. The summed E-state index contributed by atoms with van der Waals surface area (Å²) in [5.74, 6) is 0.0440. The van der Waals surface area contributed by atoms with Gasteiger partial charge in [-0.25, -0.2) is 4.98 Å². The molecule has 0 spiro atoms. The van der Waals surface area contributed by atoms with Gasteiger partial charge < -0.3 is 14.6 Å². The molecule has 0 unspecified atom stereocenters. The summed E-state index contributed by atoms with van der Waals surface area (Å²) in [5.41, 5.74) is 2.18. The zero-order valence-corrected chi connectivity index (χ0v) is 13.7. The van der Waals surface area contributed by atoms with Gasteiger partial charge in [-0.2, -0.15) is 0 Å². The predicted molar refractivity (Wildman–Crippen MR) is 86.1 cm³/mol. The summed E-state index contributed by atoms with van der Waals surface area (Å²) >= 11 is 1.51. The van der Waals surface area contributed by atoms with Crippen LogP contribution < -0.4 is 5.32 Å². The molecule has 3 heterocycles. The molecule has 2 aromatic heterocycles. The first-order valence-electron chi connectivity index (χ1n) is 7.64. The Labute approximate surface area is 134 Å². The van der Waals surface area contributed by atoms with Crippen molar-refractivity contribution >= 4 is 17.2 Å². The third-order valence-electron chi connectivity index (χ3n) is 4.14. The number of hydrogen-bond donors (Lipinski definition) is 1. The van der Waals surface area contributed by atoms with Gasteiger partial charge in [0, 0.05) is 19.7 Å². The van der Waals surface area contributed by atoms with Crippen molar-refractivity contribution in [3.63, 3.8) is 0 Å². The Balaban J connectivity index is 1.65. The molecule has 5 nitrogen and oxygen atoms in total. The zero-order chi connectivity index (χ0) is 15.5. The molecular formula is C16H21N3O2S. The van der Waals surface area contributed by atoms with E-state index in [1.54, 1.807) is 6.33 Å². The van der Waals surface area contributed by atoms with E-state index >= 15 is 0 Å². The fraction of sp³-hybridized carbons (Fsp3) is 0.500. The van der Waals surface area contributed by atoms with Gasteiger partial charge in [-0.1, -0.05) is 6.92 Å². The Hall–Kier alpha value is -1.66. The van der Waals surface area contributed by atoms with E-state index in [4.69, 9.17) is 4.74 Å². The van der Waals surface area contributed by atoms with Gasteiger partial charge in [0.15, 0.2) is 0 Å². The summed E-state index contributed by atoms with van der Waals surface area (Å²) in [6.45, 7) is 2.73. The Bertz CT molecular complexity index is 649. The zero-order valence-electron chi connectivity index (χ0n) is 12.9. The maximum atomic E-state index is 12.5. The number of ether oxygens (including phenoxy) is 1. The number of carbonyl (C=O) groups is 1. The van der Waals surface area contributed by atoms with Crippen molar-refractivity contribution in [1.29, 1.82) is 0 Å². The third-order valence-corrected chi connectivity index (χ3v) is 5.09. The maximum Gasteiger partial charge on any atom is 0.261 e. The number of aryl methyl sites for hydroxylation is 2. The minimum atomic E-state index is 0.000492. The van der Waals surface area contributed by atoms with Crippen LogP contribution in [0, 0.1) is 0 Å². The summed E-state index contributed by atoms with van der Waals surface area (Å²) in [6, 6.07) is 2.18. The van der Waals surface area contributed by atoms with Gasteiger partial charge in [-0.15, -0.1) is 11.3 Å². The number of hydrogen-bond acceptors (Lipinski definition) is 4. The molecular weight excluding hydrogens is 298 g/mol. The monoisotopic (exact) mass is 319 g/mol. The molecule has 0 aromatic carbocycles. The summed E-state index contributed by atoms with van der Waals surface area (Å²) in [7, 11) is 1.97. The van der Waals surface area contributed by atoms with E-state index in [1.807, 2.05) is 29.3 Å². The van der Waals surface area contributed by atoms with Crippen LogP contribution in [0.1, 0.15) is 46.8 Å². The minimum Gasteiger partial charge on any atom is -0.372 e. The summed E-state index contributed by atoms with van der Waals surface area (Å²) in [4.78, 5) is 17.4. The minimum absolute atomic E-state index is 0.000492. The molecule has 1 fully saturated rings. The summed E-state index contributed by atoms with van der Waals surface area (Å²) < 4.78 is 7.82. The van der Waals surface area contributed by atoms with Crippen molar-refractivity contribution in [3.05, 3.63) is 40.1 Å². The lowest BCUT2D eigenvalue weighted by molar-refractivity contribution is -0.00299. The Morgan fingerprint density at radius 1 is 1.59 bits per heavy atom. The Morgan fingerprint density at radius 3 is 3.18 bits per heavy atom. The molecule has 1 saturated heterocycles. The van der Waals surface area contributed by atoms with E-state index in [9.17, 15) is 4.79 Å². The van der Waals surface area contributed by atoms with Crippen LogP contribution in [-0.4, -0.2) is 28.1 Å². The summed E-state index contributed by atoms with van der Waals surface area (Å²) in [6.07, 6.45) is 6.15. The van der Waals surface area contributed by atoms with Crippen LogP contribution >= 0.6 is 11.3 Å². The third kappa shape index (κ3) is 3.08. The molecule has 1 aliphatic heterocycles. The molecule has 0 saturated carbocycles. The van der Waals surface area contributed by atoms with Crippen LogP contribution in [0.25, 0.3) is 0 Å². The van der Waals surface area contributed by atoms with E-state index in [-0.39, 0.29) is 18.1 Å². The van der Waals surface area contributed by atoms with E-state index in [2.05, 4.69) is 17.2 Å². The number of nitrogens with one attached hydrogen (secondary N) is 1. The Kier molecular flexibility index (Phi) is 4.59. The summed E-state index contributed by atoms with van der Waals surface area (Å²) in [5, 5.41) is 5.15. The van der Waals surface area contributed by atoms with Gasteiger partial charge >= 0.3 is 0 Å². The first kappa shape index (κ1) is 15.2. The van der Waals surface area contributed by atoms with Crippen molar-refractivity contribution in [2.24, 2.45) is 7.05 Å². The van der Waals surface area contributed by atoms with Gasteiger partial charge in [-0.3, -0.25) is 4.79 Å². The molecule has 118 valence electrons. The van der Waals surface area contributed by atoms with Crippen molar-refractivity contribution in [2.75, 3.05) is 6.61 Å². The first-order valence-corrected chi connectivity index (χ1v) is 8.52. The largest absolute Gasteiger partial charge is 0.372 e. The van der Waals surface area contributed by atoms with Crippen molar-refractivity contribution in [1.82, 2.24) is 14.9 Å². The number of aromatic nitrogens is 2. The number of carbonyl (C=O) groups excluding carboxylic acids is 1. The SMILES string of the molecule is CCc1ccsc1C(=O)N[C@H]1CCO[C@@H](c2cncn2C)C1. The van der Waals surface area contributed by atoms with E-state index < -0.39 is 0 Å². The second-order valence-corrected chi connectivity index (χ2v) is 6.53. The fourth-order valence-corrected chi connectivity index (χ4v) is 3.77. The van der Waals surface area contributed by atoms with Crippen LogP contribution in [-0.2, 0) is 18.2 Å². The lowest BCUT2D eigenvalue weighted by Gasteiger charge is -2.30. The molecule has 0 aliphatic carbocycles. The topological polar surface area (TPSA) is 56.1 Å². The van der Waals surface area contributed by atoms with Gasteiger partial charge in [0.05, 0.1) is 23.1 Å². The highest BCUT2D eigenvalue weighted by Crippen LogP contribution is 2.28. The maximum absolute atomic E-state index is 12.5. The smallest absolute Gasteiger partial charge is 0.261 e. The highest BCUT2D eigenvalue weighted by molar-refractivity contribution is 7.12. The number of rotatable bonds is 4. The van der Waals surface area contributed by atoms with Crippen LogP contribution in [0.4, 0.5) is 0 Å². The van der Waals surface area contributed by atoms with Gasteiger partial charge in [0.2, 0.25) is 0 Å². The number of nitrogens with zero attached hydrogens (tertiary/aromatic N) is 2. The number of amides is 1. The molecule has 1 amide bonds. The normalized spacial score (nSPS) is 21.7. The molecule has 0 bridgehead atoms. The van der Waals surface area contributed by atoms with Crippen molar-refractivity contribution < 1.29 is 9.53 Å². The van der Waals surface area contributed by atoms with E-state index in [0.29, 0.717) is 6.61 Å². The van der Waals surface area contributed by atoms with E-state index in [1.165, 1.54) is 11.3 Å². The fourth-order valence-electron chi connectivity index (χ4n) is 2.88. The molecule has 3 rings (SSSR count). The highest BCUT2D eigenvalue weighted by atomic mass is 32.1. The van der Waals surface area contributed by atoms with Crippen LogP contribution in [0.5, 0.6) is 0 Å². The molecule has 0 radical (unpaired) electrons. The van der Waals surface area contributed by atoms with Crippen LogP contribution in [0.3, 0.4) is 0 Å². The molecule has 2 atom stereocenters.